The lowest BCUT2D eigenvalue weighted by Gasteiger charge is -2.26. The average Bonchev–Trinajstić information content (AvgIpc) is 2.55. The number of nitrogens with zero attached hydrogens (tertiary/aromatic N) is 2. The number of hydrogen-bond donors (Lipinski definition) is 1. The van der Waals surface area contributed by atoms with Crippen LogP contribution in [0.2, 0.25) is 0 Å². The van der Waals surface area contributed by atoms with Crippen LogP contribution in [0.5, 0.6) is 0 Å². The summed E-state index contributed by atoms with van der Waals surface area (Å²) in [6.07, 6.45) is 2.00. The molecule has 6 heteroatoms. The number of amides is 2. The molecule has 2 heterocycles. The molecule has 2 amide bonds. The normalized spacial score (nSPS) is 14.5. The number of carbonyl (C=O) groups is 2. The lowest BCUT2D eigenvalue weighted by Crippen LogP contribution is -2.49. The number of nitrogens with one attached hydrogen (secondary N) is 1. The minimum Gasteiger partial charge on any atom is -0.353 e. The third kappa shape index (κ3) is 3.71. The summed E-state index contributed by atoms with van der Waals surface area (Å²) in [5.41, 5.74) is 2.02. The summed E-state index contributed by atoms with van der Waals surface area (Å²) in [4.78, 5) is 29.4. The SMILES string of the molecule is O=C1CN(C(=O)c2ccc(Cc3cccc(F)c3)nc2)CCN1. The molecule has 0 unspecified atom stereocenters. The maximum absolute atomic E-state index is 13.2. The van der Waals surface area contributed by atoms with E-state index in [-0.39, 0.29) is 24.2 Å². The molecule has 1 aromatic heterocycles. The van der Waals surface area contributed by atoms with Gasteiger partial charge < -0.3 is 10.2 Å². The van der Waals surface area contributed by atoms with Crippen molar-refractivity contribution < 1.29 is 14.0 Å². The zero-order valence-corrected chi connectivity index (χ0v) is 12.5. The van der Waals surface area contributed by atoms with Gasteiger partial charge in [-0.3, -0.25) is 14.6 Å². The second kappa shape index (κ2) is 6.56. The molecule has 2 aromatic rings. The number of carbonyl (C=O) groups excluding carboxylic acids is 2. The molecule has 23 heavy (non-hydrogen) atoms. The van der Waals surface area contributed by atoms with Crippen molar-refractivity contribution in [2.45, 2.75) is 6.42 Å². The Kier molecular flexibility index (Phi) is 4.32. The van der Waals surface area contributed by atoms with E-state index in [2.05, 4.69) is 10.3 Å². The monoisotopic (exact) mass is 313 g/mol. The third-order valence-corrected chi connectivity index (χ3v) is 3.67. The highest BCUT2D eigenvalue weighted by Gasteiger charge is 2.22. The van der Waals surface area contributed by atoms with E-state index in [0.717, 1.165) is 11.3 Å². The van der Waals surface area contributed by atoms with E-state index in [1.54, 1.807) is 18.2 Å². The molecule has 1 aliphatic rings. The first kappa shape index (κ1) is 15.1. The van der Waals surface area contributed by atoms with Crippen molar-refractivity contribution in [3.63, 3.8) is 0 Å². The van der Waals surface area contributed by atoms with Crippen molar-refractivity contribution in [2.24, 2.45) is 0 Å². The minimum atomic E-state index is -0.280. The lowest BCUT2D eigenvalue weighted by atomic mass is 10.1. The Bertz CT molecular complexity index is 731. The van der Waals surface area contributed by atoms with E-state index >= 15 is 0 Å². The predicted molar refractivity (Wildman–Crippen MR) is 82.4 cm³/mol. The van der Waals surface area contributed by atoms with Crippen LogP contribution in [0.25, 0.3) is 0 Å². The summed E-state index contributed by atoms with van der Waals surface area (Å²) >= 11 is 0. The van der Waals surface area contributed by atoms with Gasteiger partial charge in [0, 0.05) is 31.4 Å². The van der Waals surface area contributed by atoms with Gasteiger partial charge in [0.1, 0.15) is 5.82 Å². The first-order chi connectivity index (χ1) is 11.1. The molecule has 0 radical (unpaired) electrons. The van der Waals surface area contributed by atoms with Crippen LogP contribution in [-0.2, 0) is 11.2 Å². The van der Waals surface area contributed by atoms with Crippen LogP contribution >= 0.6 is 0 Å². The zero-order valence-electron chi connectivity index (χ0n) is 12.5. The summed E-state index contributed by atoms with van der Waals surface area (Å²) < 4.78 is 13.2. The summed E-state index contributed by atoms with van der Waals surface area (Å²) in [5, 5.41) is 2.68. The Morgan fingerprint density at radius 3 is 2.87 bits per heavy atom. The molecule has 0 saturated carbocycles. The van der Waals surface area contributed by atoms with Gasteiger partial charge in [-0.15, -0.1) is 0 Å². The van der Waals surface area contributed by atoms with Crippen LogP contribution in [0.4, 0.5) is 4.39 Å². The van der Waals surface area contributed by atoms with E-state index in [1.165, 1.54) is 23.2 Å². The average molecular weight is 313 g/mol. The molecular weight excluding hydrogens is 297 g/mol. The molecule has 0 atom stereocenters. The van der Waals surface area contributed by atoms with Gasteiger partial charge in [-0.1, -0.05) is 12.1 Å². The lowest BCUT2D eigenvalue weighted by molar-refractivity contribution is -0.123. The largest absolute Gasteiger partial charge is 0.353 e. The van der Waals surface area contributed by atoms with Gasteiger partial charge in [-0.05, 0) is 29.8 Å². The summed E-state index contributed by atoms with van der Waals surface area (Å²) in [6.45, 7) is 1.04. The first-order valence-electron chi connectivity index (χ1n) is 7.37. The molecule has 0 spiro atoms. The Labute approximate surface area is 133 Å². The molecule has 0 bridgehead atoms. The highest BCUT2D eigenvalue weighted by Crippen LogP contribution is 2.11. The number of aromatic nitrogens is 1. The van der Waals surface area contributed by atoms with Crippen LogP contribution in [0.15, 0.2) is 42.6 Å². The molecular formula is C17H16FN3O2. The van der Waals surface area contributed by atoms with Gasteiger partial charge in [-0.2, -0.15) is 0 Å². The molecule has 1 aromatic carbocycles. The minimum absolute atomic E-state index is 0.0733. The van der Waals surface area contributed by atoms with Crippen LogP contribution in [0.3, 0.4) is 0 Å². The highest BCUT2D eigenvalue weighted by atomic mass is 19.1. The van der Waals surface area contributed by atoms with E-state index in [9.17, 15) is 14.0 Å². The van der Waals surface area contributed by atoms with Crippen LogP contribution in [0.1, 0.15) is 21.6 Å². The van der Waals surface area contributed by atoms with Crippen molar-refractivity contribution in [2.75, 3.05) is 19.6 Å². The molecule has 118 valence electrons. The van der Waals surface area contributed by atoms with E-state index < -0.39 is 0 Å². The topological polar surface area (TPSA) is 62.3 Å². The molecule has 1 fully saturated rings. The molecule has 5 nitrogen and oxygen atoms in total. The van der Waals surface area contributed by atoms with Gasteiger partial charge >= 0.3 is 0 Å². The Hall–Kier alpha value is -2.76. The molecule has 0 aliphatic carbocycles. The van der Waals surface area contributed by atoms with Crippen LogP contribution in [0, 0.1) is 5.82 Å². The van der Waals surface area contributed by atoms with Gasteiger partial charge in [0.2, 0.25) is 5.91 Å². The number of halogens is 1. The standard InChI is InChI=1S/C17H16FN3O2/c18-14-3-1-2-12(8-14)9-15-5-4-13(10-20-15)17(23)21-7-6-19-16(22)11-21/h1-5,8,10H,6-7,9,11H2,(H,19,22). The van der Waals surface area contributed by atoms with Crippen LogP contribution in [-0.4, -0.2) is 41.3 Å². The summed E-state index contributed by atoms with van der Waals surface area (Å²) in [7, 11) is 0. The quantitative estimate of drug-likeness (QED) is 0.931. The summed E-state index contributed by atoms with van der Waals surface area (Å²) in [5.74, 6) is -0.636. The number of piperazine rings is 1. The van der Waals surface area contributed by atoms with Crippen molar-refractivity contribution in [1.82, 2.24) is 15.2 Å². The fraction of sp³-hybridized carbons (Fsp3) is 0.235. The maximum atomic E-state index is 13.2. The first-order valence-corrected chi connectivity index (χ1v) is 7.37. The van der Waals surface area contributed by atoms with E-state index in [0.29, 0.717) is 25.1 Å². The Morgan fingerprint density at radius 2 is 2.17 bits per heavy atom. The van der Waals surface area contributed by atoms with E-state index in [4.69, 9.17) is 0 Å². The highest BCUT2D eigenvalue weighted by molar-refractivity contribution is 5.96. The third-order valence-electron chi connectivity index (χ3n) is 3.67. The van der Waals surface area contributed by atoms with Crippen molar-refractivity contribution in [3.05, 3.63) is 65.2 Å². The van der Waals surface area contributed by atoms with Crippen molar-refractivity contribution in [1.29, 1.82) is 0 Å². The van der Waals surface area contributed by atoms with E-state index in [1.807, 2.05) is 6.07 Å². The van der Waals surface area contributed by atoms with Crippen LogP contribution < -0.4 is 5.32 Å². The molecule has 1 N–H and O–H groups in total. The van der Waals surface area contributed by atoms with Gasteiger partial charge in [0.15, 0.2) is 0 Å². The zero-order chi connectivity index (χ0) is 16.2. The number of pyridine rings is 1. The van der Waals surface area contributed by atoms with Gasteiger partial charge in [0.05, 0.1) is 12.1 Å². The molecule has 3 rings (SSSR count). The second-order valence-corrected chi connectivity index (χ2v) is 5.42. The fourth-order valence-electron chi connectivity index (χ4n) is 2.51. The fourth-order valence-corrected chi connectivity index (χ4v) is 2.51. The van der Waals surface area contributed by atoms with Crippen molar-refractivity contribution >= 4 is 11.8 Å². The second-order valence-electron chi connectivity index (χ2n) is 5.42. The smallest absolute Gasteiger partial charge is 0.255 e. The predicted octanol–water partition coefficient (Wildman–Crippen LogP) is 1.38. The number of hydrogen-bond acceptors (Lipinski definition) is 3. The molecule has 1 saturated heterocycles. The summed E-state index contributed by atoms with van der Waals surface area (Å²) in [6, 6.07) is 9.79. The van der Waals surface area contributed by atoms with Gasteiger partial charge in [-0.25, -0.2) is 4.39 Å². The van der Waals surface area contributed by atoms with Gasteiger partial charge in [0.25, 0.3) is 5.91 Å². The molecule has 1 aliphatic heterocycles. The Balaban J connectivity index is 1.69. The number of rotatable bonds is 3. The van der Waals surface area contributed by atoms with Crippen molar-refractivity contribution in [3.8, 4) is 0 Å². The maximum Gasteiger partial charge on any atom is 0.255 e. The Morgan fingerprint density at radius 1 is 1.30 bits per heavy atom. The number of benzene rings is 1.